The number of rotatable bonds is 2. The highest BCUT2D eigenvalue weighted by Gasteiger charge is 2.44. The summed E-state index contributed by atoms with van der Waals surface area (Å²) in [5.41, 5.74) is 0. The van der Waals surface area contributed by atoms with Gasteiger partial charge in [0.15, 0.2) is 0 Å². The molecule has 1 unspecified atom stereocenters. The largest absolute Gasteiger partial charge is 0.471 e. The predicted octanol–water partition coefficient (Wildman–Crippen LogP) is 0.476. The average Bonchev–Trinajstić information content (AvgIpc) is 2.87. The van der Waals surface area contributed by atoms with E-state index in [0.29, 0.717) is 11.4 Å². The summed E-state index contributed by atoms with van der Waals surface area (Å²) in [5.74, 6) is -2.62. The highest BCUT2D eigenvalue weighted by molar-refractivity contribution is 5.89. The maximum absolute atomic E-state index is 12.4. The first-order chi connectivity index (χ1) is 10.6. The summed E-state index contributed by atoms with van der Waals surface area (Å²) in [5, 5.41) is 0. The first-order valence-electron chi connectivity index (χ1n) is 7.55. The Bertz CT molecular complexity index is 499. The molecule has 1 atom stereocenters. The van der Waals surface area contributed by atoms with Crippen molar-refractivity contribution in [3.63, 3.8) is 0 Å². The molecule has 9 heteroatoms. The quantitative estimate of drug-likeness (QED) is 0.737. The van der Waals surface area contributed by atoms with Crippen LogP contribution in [0.5, 0.6) is 0 Å². The SMILES string of the molecule is CC(C)N1CC(C(=O)N2CCN(C(=O)C(F)(F)F)CC2)CC1=O. The number of hydrogen-bond donors (Lipinski definition) is 0. The molecule has 2 saturated heterocycles. The molecule has 6 nitrogen and oxygen atoms in total. The van der Waals surface area contributed by atoms with Gasteiger partial charge in [0.2, 0.25) is 11.8 Å². The van der Waals surface area contributed by atoms with E-state index in [-0.39, 0.29) is 50.5 Å². The molecule has 0 aromatic rings. The third-order valence-electron chi connectivity index (χ3n) is 4.25. The van der Waals surface area contributed by atoms with Crippen molar-refractivity contribution in [2.45, 2.75) is 32.5 Å². The van der Waals surface area contributed by atoms with Gasteiger partial charge in [0.25, 0.3) is 0 Å². The molecule has 0 radical (unpaired) electrons. The normalized spacial score (nSPS) is 23.0. The van der Waals surface area contributed by atoms with E-state index in [4.69, 9.17) is 0 Å². The molecule has 2 aliphatic rings. The molecule has 0 bridgehead atoms. The Morgan fingerprint density at radius 2 is 1.61 bits per heavy atom. The lowest BCUT2D eigenvalue weighted by molar-refractivity contribution is -0.187. The fourth-order valence-corrected chi connectivity index (χ4v) is 2.96. The minimum absolute atomic E-state index is 0.0153. The lowest BCUT2D eigenvalue weighted by atomic mass is 10.1. The molecular formula is C14H20F3N3O3. The molecule has 2 rings (SSSR count). The Balaban J connectivity index is 1.90. The number of piperazine rings is 1. The Morgan fingerprint density at radius 1 is 1.09 bits per heavy atom. The van der Waals surface area contributed by atoms with Gasteiger partial charge in [-0.2, -0.15) is 13.2 Å². The van der Waals surface area contributed by atoms with Gasteiger partial charge in [-0.25, -0.2) is 0 Å². The van der Waals surface area contributed by atoms with Crippen molar-refractivity contribution in [1.29, 1.82) is 0 Å². The lowest BCUT2D eigenvalue weighted by Crippen LogP contribution is -2.54. The molecule has 0 saturated carbocycles. The number of carbonyl (C=O) groups excluding carboxylic acids is 3. The van der Waals surface area contributed by atoms with Crippen LogP contribution >= 0.6 is 0 Å². The summed E-state index contributed by atoms with van der Waals surface area (Å²) in [7, 11) is 0. The smallest absolute Gasteiger partial charge is 0.339 e. The minimum Gasteiger partial charge on any atom is -0.339 e. The monoisotopic (exact) mass is 335 g/mol. The van der Waals surface area contributed by atoms with Crippen LogP contribution in [-0.4, -0.2) is 77.4 Å². The van der Waals surface area contributed by atoms with Crippen LogP contribution in [0, 0.1) is 5.92 Å². The van der Waals surface area contributed by atoms with Crippen molar-refractivity contribution in [2.75, 3.05) is 32.7 Å². The van der Waals surface area contributed by atoms with Crippen molar-refractivity contribution < 1.29 is 27.6 Å². The molecule has 3 amide bonds. The van der Waals surface area contributed by atoms with Crippen molar-refractivity contribution in [2.24, 2.45) is 5.92 Å². The van der Waals surface area contributed by atoms with E-state index < -0.39 is 18.0 Å². The second kappa shape index (κ2) is 6.37. The number of hydrogen-bond acceptors (Lipinski definition) is 3. The van der Waals surface area contributed by atoms with Gasteiger partial charge in [0.05, 0.1) is 5.92 Å². The van der Waals surface area contributed by atoms with Crippen LogP contribution in [0.2, 0.25) is 0 Å². The van der Waals surface area contributed by atoms with Crippen molar-refractivity contribution in [3.8, 4) is 0 Å². The summed E-state index contributed by atoms with van der Waals surface area (Å²) >= 11 is 0. The Labute approximate surface area is 132 Å². The average molecular weight is 335 g/mol. The van der Waals surface area contributed by atoms with E-state index in [1.54, 1.807) is 4.90 Å². The second-order valence-electron chi connectivity index (χ2n) is 6.16. The lowest BCUT2D eigenvalue weighted by Gasteiger charge is -2.36. The topological polar surface area (TPSA) is 60.9 Å². The standard InChI is InChI=1S/C14H20F3N3O3/c1-9(2)20-8-10(7-11(20)21)12(22)18-3-5-19(6-4-18)13(23)14(15,16)17/h9-10H,3-8H2,1-2H3. The van der Waals surface area contributed by atoms with E-state index in [1.807, 2.05) is 13.8 Å². The highest BCUT2D eigenvalue weighted by Crippen LogP contribution is 2.24. The van der Waals surface area contributed by atoms with Crippen LogP contribution in [0.3, 0.4) is 0 Å². The van der Waals surface area contributed by atoms with E-state index in [9.17, 15) is 27.6 Å². The zero-order chi connectivity index (χ0) is 17.4. The van der Waals surface area contributed by atoms with E-state index in [0.717, 1.165) is 0 Å². The first-order valence-corrected chi connectivity index (χ1v) is 7.55. The maximum atomic E-state index is 12.4. The third-order valence-corrected chi connectivity index (χ3v) is 4.25. The maximum Gasteiger partial charge on any atom is 0.471 e. The zero-order valence-electron chi connectivity index (χ0n) is 13.1. The van der Waals surface area contributed by atoms with Crippen molar-refractivity contribution in [1.82, 2.24) is 14.7 Å². The zero-order valence-corrected chi connectivity index (χ0v) is 13.1. The fourth-order valence-electron chi connectivity index (χ4n) is 2.96. The summed E-state index contributed by atoms with van der Waals surface area (Å²) in [6.45, 7) is 3.92. The van der Waals surface area contributed by atoms with Crippen LogP contribution < -0.4 is 0 Å². The van der Waals surface area contributed by atoms with Crippen molar-refractivity contribution >= 4 is 17.7 Å². The highest BCUT2D eigenvalue weighted by atomic mass is 19.4. The number of likely N-dealkylation sites (tertiary alicyclic amines) is 1. The van der Waals surface area contributed by atoms with Crippen LogP contribution in [-0.2, 0) is 14.4 Å². The molecule has 2 fully saturated rings. The van der Waals surface area contributed by atoms with Crippen LogP contribution in [0.4, 0.5) is 13.2 Å². The van der Waals surface area contributed by atoms with Gasteiger partial charge in [0.1, 0.15) is 0 Å². The molecule has 2 heterocycles. The van der Waals surface area contributed by atoms with Gasteiger partial charge in [-0.15, -0.1) is 0 Å². The Hall–Kier alpha value is -1.80. The molecule has 0 N–H and O–H groups in total. The number of amides is 3. The number of carbonyl (C=O) groups is 3. The Morgan fingerprint density at radius 3 is 2.04 bits per heavy atom. The van der Waals surface area contributed by atoms with Crippen LogP contribution in [0.25, 0.3) is 0 Å². The van der Waals surface area contributed by atoms with E-state index in [1.165, 1.54) is 4.90 Å². The van der Waals surface area contributed by atoms with Gasteiger partial charge in [0, 0.05) is 45.2 Å². The Kier molecular flexibility index (Phi) is 4.86. The van der Waals surface area contributed by atoms with Crippen LogP contribution in [0.15, 0.2) is 0 Å². The minimum atomic E-state index is -4.89. The predicted molar refractivity (Wildman–Crippen MR) is 74.2 cm³/mol. The number of halogens is 3. The summed E-state index contributed by atoms with van der Waals surface area (Å²) in [6.07, 6.45) is -4.75. The fraction of sp³-hybridized carbons (Fsp3) is 0.786. The number of nitrogens with zero attached hydrogens (tertiary/aromatic N) is 3. The molecule has 0 aromatic heterocycles. The third kappa shape index (κ3) is 3.76. The molecule has 0 aliphatic carbocycles. The summed E-state index contributed by atoms with van der Waals surface area (Å²) in [6, 6.07) is 0.0153. The van der Waals surface area contributed by atoms with Crippen LogP contribution in [0.1, 0.15) is 20.3 Å². The van der Waals surface area contributed by atoms with Gasteiger partial charge in [-0.1, -0.05) is 0 Å². The molecular weight excluding hydrogens is 315 g/mol. The molecule has 23 heavy (non-hydrogen) atoms. The molecule has 2 aliphatic heterocycles. The van der Waals surface area contributed by atoms with Crippen molar-refractivity contribution in [3.05, 3.63) is 0 Å². The number of alkyl halides is 3. The summed E-state index contributed by atoms with van der Waals surface area (Å²) in [4.78, 5) is 39.2. The molecule has 0 aromatic carbocycles. The van der Waals surface area contributed by atoms with E-state index in [2.05, 4.69) is 0 Å². The van der Waals surface area contributed by atoms with E-state index >= 15 is 0 Å². The van der Waals surface area contributed by atoms with Gasteiger partial charge in [-0.3, -0.25) is 14.4 Å². The van der Waals surface area contributed by atoms with Gasteiger partial charge >= 0.3 is 12.1 Å². The first kappa shape index (κ1) is 17.6. The second-order valence-corrected chi connectivity index (χ2v) is 6.16. The van der Waals surface area contributed by atoms with Gasteiger partial charge in [-0.05, 0) is 13.8 Å². The molecule has 130 valence electrons. The van der Waals surface area contributed by atoms with Gasteiger partial charge < -0.3 is 14.7 Å². The summed E-state index contributed by atoms with van der Waals surface area (Å²) < 4.78 is 37.1. The molecule has 0 spiro atoms.